The maximum Gasteiger partial charge on any atom is 0.242 e. The van der Waals surface area contributed by atoms with Crippen LogP contribution in [0.2, 0.25) is 0 Å². The molecule has 0 aromatic carbocycles. The highest BCUT2D eigenvalue weighted by atomic mass is 16.2. The van der Waals surface area contributed by atoms with Crippen LogP contribution in [0.3, 0.4) is 0 Å². The Bertz CT molecular complexity index is 546. The van der Waals surface area contributed by atoms with Crippen molar-refractivity contribution in [3.05, 3.63) is 43.1 Å². The molecule has 0 bridgehead atoms. The van der Waals surface area contributed by atoms with E-state index < -0.39 is 0 Å². The van der Waals surface area contributed by atoms with Crippen LogP contribution in [0.5, 0.6) is 0 Å². The van der Waals surface area contributed by atoms with Gasteiger partial charge in [-0.25, -0.2) is 9.97 Å². The molecule has 3 rings (SSSR count). The molecule has 2 aromatic rings. The lowest BCUT2D eigenvalue weighted by molar-refractivity contribution is -0.132. The van der Waals surface area contributed by atoms with Crippen LogP contribution < -0.4 is 4.90 Å². The first-order valence-corrected chi connectivity index (χ1v) is 6.72. The van der Waals surface area contributed by atoms with Gasteiger partial charge >= 0.3 is 0 Å². The Labute approximate surface area is 117 Å². The van der Waals surface area contributed by atoms with E-state index in [2.05, 4.69) is 14.9 Å². The van der Waals surface area contributed by atoms with Gasteiger partial charge < -0.3 is 14.4 Å². The number of amides is 1. The fourth-order valence-electron chi connectivity index (χ4n) is 2.36. The van der Waals surface area contributed by atoms with E-state index in [0.717, 1.165) is 32.0 Å². The third kappa shape index (κ3) is 2.79. The zero-order chi connectivity index (χ0) is 13.8. The number of carbonyl (C=O) groups is 1. The lowest BCUT2D eigenvalue weighted by atomic mass is 10.3. The highest BCUT2D eigenvalue weighted by Crippen LogP contribution is 2.12. The quantitative estimate of drug-likeness (QED) is 0.821. The smallest absolute Gasteiger partial charge is 0.242 e. The largest absolute Gasteiger partial charge is 0.353 e. The average molecular weight is 271 g/mol. The molecule has 6 heteroatoms. The predicted molar refractivity (Wildman–Crippen MR) is 75.3 cm³/mol. The summed E-state index contributed by atoms with van der Waals surface area (Å²) < 4.78 is 1.80. The molecule has 0 aliphatic carbocycles. The standard InChI is InChI=1S/C14H17N5O/c20-14(11-17-6-5-15-12-17)19-9-7-18(8-10-19)13-3-1-2-4-16-13/h1-6,12H,7-11H2. The van der Waals surface area contributed by atoms with Gasteiger partial charge in [-0.1, -0.05) is 6.07 Å². The molecular weight excluding hydrogens is 254 g/mol. The van der Waals surface area contributed by atoms with E-state index in [-0.39, 0.29) is 5.91 Å². The van der Waals surface area contributed by atoms with Gasteiger partial charge in [0.05, 0.1) is 6.33 Å². The molecule has 0 N–H and O–H groups in total. The van der Waals surface area contributed by atoms with E-state index in [1.54, 1.807) is 23.3 Å². The van der Waals surface area contributed by atoms with E-state index in [0.29, 0.717) is 6.54 Å². The van der Waals surface area contributed by atoms with E-state index in [1.807, 2.05) is 29.3 Å². The minimum Gasteiger partial charge on any atom is -0.353 e. The number of nitrogens with zero attached hydrogens (tertiary/aromatic N) is 5. The Balaban J connectivity index is 1.54. The number of aromatic nitrogens is 3. The molecule has 0 unspecified atom stereocenters. The maximum absolute atomic E-state index is 12.2. The Morgan fingerprint density at radius 3 is 2.65 bits per heavy atom. The van der Waals surface area contributed by atoms with Crippen LogP contribution in [0.15, 0.2) is 43.1 Å². The molecule has 20 heavy (non-hydrogen) atoms. The number of imidazole rings is 1. The summed E-state index contributed by atoms with van der Waals surface area (Å²) >= 11 is 0. The van der Waals surface area contributed by atoms with Crippen LogP contribution in [-0.4, -0.2) is 51.5 Å². The average Bonchev–Trinajstić information content (AvgIpc) is 3.01. The molecule has 3 heterocycles. The van der Waals surface area contributed by atoms with Crippen molar-refractivity contribution in [2.24, 2.45) is 0 Å². The van der Waals surface area contributed by atoms with Crippen LogP contribution in [0.1, 0.15) is 0 Å². The first-order valence-electron chi connectivity index (χ1n) is 6.72. The zero-order valence-corrected chi connectivity index (χ0v) is 11.2. The maximum atomic E-state index is 12.2. The van der Waals surface area contributed by atoms with Crippen molar-refractivity contribution < 1.29 is 4.79 Å². The first-order chi connectivity index (χ1) is 9.83. The predicted octanol–water partition coefficient (Wildman–Crippen LogP) is 0.627. The normalized spacial score (nSPS) is 15.4. The summed E-state index contributed by atoms with van der Waals surface area (Å²) in [5, 5.41) is 0. The highest BCUT2D eigenvalue weighted by Gasteiger charge is 2.21. The van der Waals surface area contributed by atoms with Crippen molar-refractivity contribution in [2.75, 3.05) is 31.1 Å². The summed E-state index contributed by atoms with van der Waals surface area (Å²) in [6, 6.07) is 5.90. The van der Waals surface area contributed by atoms with Crippen LogP contribution >= 0.6 is 0 Å². The van der Waals surface area contributed by atoms with Gasteiger partial charge in [0.25, 0.3) is 0 Å². The van der Waals surface area contributed by atoms with Gasteiger partial charge in [0.1, 0.15) is 12.4 Å². The molecule has 104 valence electrons. The van der Waals surface area contributed by atoms with E-state index >= 15 is 0 Å². The van der Waals surface area contributed by atoms with E-state index in [1.165, 1.54) is 0 Å². The Hall–Kier alpha value is -2.37. The van der Waals surface area contributed by atoms with Gasteiger partial charge in [-0.05, 0) is 12.1 Å². The molecule has 1 aliphatic rings. The third-order valence-electron chi connectivity index (χ3n) is 3.48. The fraction of sp³-hybridized carbons (Fsp3) is 0.357. The number of carbonyl (C=O) groups excluding carboxylic acids is 1. The second-order valence-electron chi connectivity index (χ2n) is 4.79. The Kier molecular flexibility index (Phi) is 3.62. The second kappa shape index (κ2) is 5.73. The molecule has 1 saturated heterocycles. The zero-order valence-electron chi connectivity index (χ0n) is 11.2. The summed E-state index contributed by atoms with van der Waals surface area (Å²) in [7, 11) is 0. The lowest BCUT2D eigenvalue weighted by Gasteiger charge is -2.35. The molecule has 1 amide bonds. The fourth-order valence-corrected chi connectivity index (χ4v) is 2.36. The van der Waals surface area contributed by atoms with Crippen molar-refractivity contribution in [1.29, 1.82) is 0 Å². The molecule has 0 saturated carbocycles. The first kappa shape index (κ1) is 12.7. The molecule has 1 fully saturated rings. The van der Waals surface area contributed by atoms with Crippen LogP contribution in [0.25, 0.3) is 0 Å². The number of rotatable bonds is 3. The van der Waals surface area contributed by atoms with Crippen LogP contribution in [0.4, 0.5) is 5.82 Å². The lowest BCUT2D eigenvalue weighted by Crippen LogP contribution is -2.49. The summed E-state index contributed by atoms with van der Waals surface area (Å²) in [5.41, 5.74) is 0. The minimum absolute atomic E-state index is 0.142. The highest BCUT2D eigenvalue weighted by molar-refractivity contribution is 5.76. The molecule has 2 aromatic heterocycles. The van der Waals surface area contributed by atoms with Crippen molar-refractivity contribution in [1.82, 2.24) is 19.4 Å². The molecule has 0 atom stereocenters. The van der Waals surface area contributed by atoms with Crippen molar-refractivity contribution in [2.45, 2.75) is 6.54 Å². The van der Waals surface area contributed by atoms with Crippen LogP contribution in [0, 0.1) is 0 Å². The molecule has 0 spiro atoms. The number of anilines is 1. The van der Waals surface area contributed by atoms with Crippen molar-refractivity contribution in [3.63, 3.8) is 0 Å². The van der Waals surface area contributed by atoms with Gasteiger partial charge in [-0.3, -0.25) is 4.79 Å². The van der Waals surface area contributed by atoms with Crippen molar-refractivity contribution in [3.8, 4) is 0 Å². The Morgan fingerprint density at radius 2 is 2.00 bits per heavy atom. The topological polar surface area (TPSA) is 54.3 Å². The number of hydrogen-bond donors (Lipinski definition) is 0. The molecule has 6 nitrogen and oxygen atoms in total. The number of pyridine rings is 1. The van der Waals surface area contributed by atoms with Crippen molar-refractivity contribution >= 4 is 11.7 Å². The minimum atomic E-state index is 0.142. The summed E-state index contributed by atoms with van der Waals surface area (Å²) in [6.45, 7) is 3.50. The van der Waals surface area contributed by atoms with Gasteiger partial charge in [-0.2, -0.15) is 0 Å². The molecule has 1 aliphatic heterocycles. The van der Waals surface area contributed by atoms with E-state index in [9.17, 15) is 4.79 Å². The van der Waals surface area contributed by atoms with Gasteiger partial charge in [0.15, 0.2) is 0 Å². The molecule has 0 radical (unpaired) electrons. The summed E-state index contributed by atoms with van der Waals surface area (Å²) in [4.78, 5) is 24.6. The number of piperazine rings is 1. The molecular formula is C14H17N5O. The second-order valence-corrected chi connectivity index (χ2v) is 4.79. The van der Waals surface area contributed by atoms with Crippen LogP contribution in [-0.2, 0) is 11.3 Å². The Morgan fingerprint density at radius 1 is 1.15 bits per heavy atom. The summed E-state index contributed by atoms with van der Waals surface area (Å²) in [6.07, 6.45) is 6.96. The van der Waals surface area contributed by atoms with Gasteiger partial charge in [0.2, 0.25) is 5.91 Å². The summed E-state index contributed by atoms with van der Waals surface area (Å²) in [5.74, 6) is 1.12. The van der Waals surface area contributed by atoms with Gasteiger partial charge in [0, 0.05) is 44.8 Å². The van der Waals surface area contributed by atoms with E-state index in [4.69, 9.17) is 0 Å². The van der Waals surface area contributed by atoms with Gasteiger partial charge in [-0.15, -0.1) is 0 Å². The monoisotopic (exact) mass is 271 g/mol. The number of hydrogen-bond acceptors (Lipinski definition) is 4. The SMILES string of the molecule is O=C(Cn1ccnc1)N1CCN(c2ccccn2)CC1. The third-order valence-corrected chi connectivity index (χ3v) is 3.48.